The van der Waals surface area contributed by atoms with Gasteiger partial charge in [0.2, 0.25) is 0 Å². The third-order valence-electron chi connectivity index (χ3n) is 3.64. The van der Waals surface area contributed by atoms with Crippen LogP contribution in [-0.4, -0.2) is 14.8 Å². The zero-order valence-corrected chi connectivity index (χ0v) is 14.3. The maximum atomic E-state index is 13.9. The Hall–Kier alpha value is -2.38. The van der Waals surface area contributed by atoms with Crippen molar-refractivity contribution in [2.45, 2.75) is 13.5 Å². The summed E-state index contributed by atoms with van der Waals surface area (Å²) in [5.41, 5.74) is 1.25. The smallest absolute Gasteiger partial charge is 0.265 e. The van der Waals surface area contributed by atoms with E-state index in [1.165, 1.54) is 22.1 Å². The van der Waals surface area contributed by atoms with Crippen LogP contribution >= 0.6 is 22.7 Å². The molecule has 0 aliphatic heterocycles. The van der Waals surface area contributed by atoms with Gasteiger partial charge in [0, 0.05) is 5.56 Å². The van der Waals surface area contributed by atoms with Crippen LogP contribution in [0.15, 0.2) is 46.6 Å². The average Bonchev–Trinajstić information content (AvgIpc) is 3.21. The molecule has 24 heavy (non-hydrogen) atoms. The topological polar surface area (TPSA) is 47.8 Å². The maximum Gasteiger partial charge on any atom is 0.294 e. The minimum atomic E-state index is -0.349. The number of rotatable bonds is 3. The predicted octanol–water partition coefficient (Wildman–Crippen LogP) is 4.08. The van der Waals surface area contributed by atoms with E-state index in [-0.39, 0.29) is 17.9 Å². The molecule has 3 aromatic heterocycles. The second-order valence-corrected chi connectivity index (χ2v) is 7.44. The first kappa shape index (κ1) is 15.2. The van der Waals surface area contributed by atoms with E-state index in [0.29, 0.717) is 11.1 Å². The highest BCUT2D eigenvalue weighted by molar-refractivity contribution is 7.20. The van der Waals surface area contributed by atoms with Crippen molar-refractivity contribution in [2.75, 3.05) is 0 Å². The van der Waals surface area contributed by atoms with Crippen molar-refractivity contribution in [1.82, 2.24) is 14.8 Å². The summed E-state index contributed by atoms with van der Waals surface area (Å²) in [6.07, 6.45) is 0. The maximum absolute atomic E-state index is 13.9. The van der Waals surface area contributed by atoms with Gasteiger partial charge in [-0.3, -0.25) is 4.79 Å². The summed E-state index contributed by atoms with van der Waals surface area (Å²) in [5, 5.41) is 7.28. The summed E-state index contributed by atoms with van der Waals surface area (Å²) in [6, 6.07) is 10.3. The lowest BCUT2D eigenvalue weighted by Gasteiger charge is -2.08. The van der Waals surface area contributed by atoms with Crippen LogP contribution in [0.5, 0.6) is 0 Å². The van der Waals surface area contributed by atoms with Gasteiger partial charge in [-0.05, 0) is 24.4 Å². The van der Waals surface area contributed by atoms with Crippen LogP contribution in [0.2, 0.25) is 0 Å². The molecule has 0 fully saturated rings. The molecule has 1 aromatic carbocycles. The largest absolute Gasteiger partial charge is 0.294 e. The number of hydrogen-bond donors (Lipinski definition) is 0. The zero-order chi connectivity index (χ0) is 16.7. The lowest BCUT2D eigenvalue weighted by atomic mass is 10.2. The first-order chi connectivity index (χ1) is 11.6. The van der Waals surface area contributed by atoms with Crippen molar-refractivity contribution in [3.63, 3.8) is 0 Å². The standard InChI is InChI=1S/C17H12FN3OS2/c1-10-19-15-16(24-10)14(13-7-4-8-23-13)20-21(17(15)22)9-11-5-2-3-6-12(11)18/h2-8H,9H2,1H3. The molecule has 4 aromatic rings. The monoisotopic (exact) mass is 357 g/mol. The van der Waals surface area contributed by atoms with Gasteiger partial charge in [-0.1, -0.05) is 24.3 Å². The zero-order valence-electron chi connectivity index (χ0n) is 12.7. The lowest BCUT2D eigenvalue weighted by Crippen LogP contribution is -2.24. The van der Waals surface area contributed by atoms with E-state index in [1.807, 2.05) is 24.4 Å². The van der Waals surface area contributed by atoms with E-state index in [0.717, 1.165) is 20.3 Å². The minimum absolute atomic E-state index is 0.0798. The van der Waals surface area contributed by atoms with Gasteiger partial charge in [0.15, 0.2) is 5.52 Å². The molecule has 0 amide bonds. The number of halogens is 1. The molecule has 0 saturated heterocycles. The number of fused-ring (bicyclic) bond motifs is 1. The Morgan fingerprint density at radius 2 is 2.04 bits per heavy atom. The summed E-state index contributed by atoms with van der Waals surface area (Å²) in [4.78, 5) is 18.0. The Morgan fingerprint density at radius 1 is 1.21 bits per heavy atom. The van der Waals surface area contributed by atoms with Gasteiger partial charge < -0.3 is 0 Å². The van der Waals surface area contributed by atoms with Crippen molar-refractivity contribution in [2.24, 2.45) is 0 Å². The third kappa shape index (κ3) is 2.55. The summed E-state index contributed by atoms with van der Waals surface area (Å²) in [5.74, 6) is -0.349. The van der Waals surface area contributed by atoms with Crippen LogP contribution in [0.3, 0.4) is 0 Å². The van der Waals surface area contributed by atoms with Crippen LogP contribution < -0.4 is 5.56 Å². The number of benzene rings is 1. The SMILES string of the molecule is Cc1nc2c(=O)n(Cc3ccccc3F)nc(-c3cccs3)c2s1. The molecule has 0 saturated carbocycles. The van der Waals surface area contributed by atoms with Gasteiger partial charge >= 0.3 is 0 Å². The van der Waals surface area contributed by atoms with Gasteiger partial charge in [-0.15, -0.1) is 22.7 Å². The predicted molar refractivity (Wildman–Crippen MR) is 95.2 cm³/mol. The fraction of sp³-hybridized carbons (Fsp3) is 0.118. The van der Waals surface area contributed by atoms with E-state index >= 15 is 0 Å². The van der Waals surface area contributed by atoms with Crippen molar-refractivity contribution >= 4 is 32.9 Å². The molecule has 0 radical (unpaired) electrons. The molecule has 0 spiro atoms. The molecule has 0 aliphatic carbocycles. The van der Waals surface area contributed by atoms with Crippen molar-refractivity contribution in [1.29, 1.82) is 0 Å². The molecule has 7 heteroatoms. The Labute approximate surface area is 144 Å². The normalized spacial score (nSPS) is 11.2. The Morgan fingerprint density at radius 3 is 2.79 bits per heavy atom. The minimum Gasteiger partial charge on any atom is -0.265 e. The van der Waals surface area contributed by atoms with Crippen molar-refractivity contribution in [3.05, 3.63) is 68.5 Å². The number of aromatic nitrogens is 3. The summed E-state index contributed by atoms with van der Waals surface area (Å²) in [6.45, 7) is 1.94. The van der Waals surface area contributed by atoms with Gasteiger partial charge in [0.25, 0.3) is 5.56 Å². The van der Waals surface area contributed by atoms with Crippen molar-refractivity contribution in [3.8, 4) is 10.6 Å². The van der Waals surface area contributed by atoms with Crippen LogP contribution in [0.1, 0.15) is 10.6 Å². The third-order valence-corrected chi connectivity index (χ3v) is 5.49. The van der Waals surface area contributed by atoms with E-state index in [2.05, 4.69) is 10.1 Å². The first-order valence-corrected chi connectivity index (χ1v) is 8.98. The quantitative estimate of drug-likeness (QED) is 0.555. The molecule has 120 valence electrons. The molecular formula is C17H12FN3OS2. The average molecular weight is 357 g/mol. The van der Waals surface area contributed by atoms with E-state index in [1.54, 1.807) is 29.5 Å². The summed E-state index contributed by atoms with van der Waals surface area (Å²) < 4.78 is 16.0. The Bertz CT molecular complexity index is 1080. The van der Waals surface area contributed by atoms with E-state index < -0.39 is 0 Å². The van der Waals surface area contributed by atoms with Gasteiger partial charge in [0.1, 0.15) is 11.5 Å². The molecular weight excluding hydrogens is 345 g/mol. The summed E-state index contributed by atoms with van der Waals surface area (Å²) >= 11 is 3.01. The van der Waals surface area contributed by atoms with Crippen LogP contribution in [-0.2, 0) is 6.54 Å². The number of thiophene rings is 1. The molecule has 0 unspecified atom stereocenters. The molecule has 0 bridgehead atoms. The fourth-order valence-electron chi connectivity index (χ4n) is 2.54. The second kappa shape index (κ2) is 5.92. The number of aryl methyl sites for hydroxylation is 1. The highest BCUT2D eigenvalue weighted by atomic mass is 32.1. The molecule has 0 atom stereocenters. The number of nitrogens with zero attached hydrogens (tertiary/aromatic N) is 3. The first-order valence-electron chi connectivity index (χ1n) is 7.29. The fourth-order valence-corrected chi connectivity index (χ4v) is 4.23. The molecule has 4 nitrogen and oxygen atoms in total. The number of hydrogen-bond acceptors (Lipinski definition) is 5. The highest BCUT2D eigenvalue weighted by Gasteiger charge is 2.17. The summed E-state index contributed by atoms with van der Waals surface area (Å²) in [7, 11) is 0. The van der Waals surface area contributed by atoms with Crippen LogP contribution in [0, 0.1) is 12.7 Å². The van der Waals surface area contributed by atoms with Gasteiger partial charge in [0.05, 0.1) is 21.1 Å². The Kier molecular flexibility index (Phi) is 3.74. The molecule has 3 heterocycles. The molecule has 4 rings (SSSR count). The van der Waals surface area contributed by atoms with Crippen LogP contribution in [0.4, 0.5) is 4.39 Å². The van der Waals surface area contributed by atoms with Crippen LogP contribution in [0.25, 0.3) is 20.8 Å². The number of thiazole rings is 1. The van der Waals surface area contributed by atoms with E-state index in [9.17, 15) is 9.18 Å². The molecule has 0 N–H and O–H groups in total. The van der Waals surface area contributed by atoms with Gasteiger partial charge in [-0.25, -0.2) is 14.1 Å². The highest BCUT2D eigenvalue weighted by Crippen LogP contribution is 2.32. The Balaban J connectivity index is 1.95. The second-order valence-electron chi connectivity index (χ2n) is 5.29. The van der Waals surface area contributed by atoms with Gasteiger partial charge in [-0.2, -0.15) is 5.10 Å². The lowest BCUT2D eigenvalue weighted by molar-refractivity contribution is 0.576. The van der Waals surface area contributed by atoms with Crippen molar-refractivity contribution < 1.29 is 4.39 Å². The van der Waals surface area contributed by atoms with E-state index in [4.69, 9.17) is 0 Å². The molecule has 0 aliphatic rings.